The highest BCUT2D eigenvalue weighted by atomic mass is 16.6. The van der Waals surface area contributed by atoms with Crippen molar-refractivity contribution >= 4 is 11.7 Å². The first kappa shape index (κ1) is 16.7. The molecule has 0 bridgehead atoms. The summed E-state index contributed by atoms with van der Waals surface area (Å²) in [5.74, 6) is 0.585. The molecule has 1 N–H and O–H groups in total. The molecule has 0 aliphatic carbocycles. The van der Waals surface area contributed by atoms with E-state index in [2.05, 4.69) is 22.6 Å². The summed E-state index contributed by atoms with van der Waals surface area (Å²) in [6.45, 7) is 3.76. The van der Waals surface area contributed by atoms with Gasteiger partial charge in [-0.05, 0) is 41.4 Å². The summed E-state index contributed by atoms with van der Waals surface area (Å²) in [7, 11) is 0. The molecule has 0 saturated heterocycles. The lowest BCUT2D eigenvalue weighted by molar-refractivity contribution is -0.122. The van der Waals surface area contributed by atoms with Gasteiger partial charge in [0.05, 0.1) is 0 Å². The molecule has 0 saturated carbocycles. The van der Waals surface area contributed by atoms with Crippen LogP contribution in [0.1, 0.15) is 19.4 Å². The maximum absolute atomic E-state index is 12.4. The monoisotopic (exact) mass is 337 g/mol. The van der Waals surface area contributed by atoms with Crippen LogP contribution in [0.25, 0.3) is 11.3 Å². The number of aryl methyl sites for hydroxylation is 1. The number of ether oxygens (including phenoxy) is 1. The molecule has 0 radical (unpaired) electrons. The van der Waals surface area contributed by atoms with Gasteiger partial charge >= 0.3 is 0 Å². The van der Waals surface area contributed by atoms with Gasteiger partial charge in [-0.15, -0.1) is 0 Å². The van der Waals surface area contributed by atoms with Gasteiger partial charge in [0.1, 0.15) is 5.75 Å². The van der Waals surface area contributed by atoms with E-state index in [1.165, 1.54) is 5.56 Å². The van der Waals surface area contributed by atoms with Crippen LogP contribution >= 0.6 is 0 Å². The van der Waals surface area contributed by atoms with Crippen LogP contribution in [-0.2, 0) is 11.2 Å². The van der Waals surface area contributed by atoms with Crippen molar-refractivity contribution in [3.63, 3.8) is 0 Å². The van der Waals surface area contributed by atoms with Crippen molar-refractivity contribution in [1.29, 1.82) is 0 Å². The highest BCUT2D eigenvalue weighted by molar-refractivity contribution is 5.95. The second kappa shape index (κ2) is 7.61. The van der Waals surface area contributed by atoms with E-state index >= 15 is 0 Å². The van der Waals surface area contributed by atoms with E-state index in [1.54, 1.807) is 6.92 Å². The molecule has 2 aromatic carbocycles. The van der Waals surface area contributed by atoms with E-state index < -0.39 is 6.10 Å². The minimum atomic E-state index is -0.687. The maximum atomic E-state index is 12.4. The molecule has 1 atom stereocenters. The molecule has 6 nitrogen and oxygen atoms in total. The third-order valence-corrected chi connectivity index (χ3v) is 3.79. The third kappa shape index (κ3) is 4.03. The molecule has 128 valence electrons. The Bertz CT molecular complexity index is 829. The van der Waals surface area contributed by atoms with Crippen LogP contribution in [0, 0.1) is 0 Å². The number of aromatic nitrogens is 2. The molecule has 3 aromatic rings. The molecule has 1 aromatic heterocycles. The number of rotatable bonds is 6. The number of amides is 1. The van der Waals surface area contributed by atoms with Crippen LogP contribution in [0.3, 0.4) is 0 Å². The summed E-state index contributed by atoms with van der Waals surface area (Å²) in [5.41, 5.74) is 2.50. The average Bonchev–Trinajstić information content (AvgIpc) is 3.11. The fourth-order valence-electron chi connectivity index (χ4n) is 2.34. The summed E-state index contributed by atoms with van der Waals surface area (Å²) in [6, 6.07) is 17.1. The Hall–Kier alpha value is -3.15. The molecular formula is C19H19N3O3. The van der Waals surface area contributed by atoms with Crippen LogP contribution in [-0.4, -0.2) is 22.3 Å². The van der Waals surface area contributed by atoms with E-state index in [-0.39, 0.29) is 11.7 Å². The number of hydrogen-bond donors (Lipinski definition) is 1. The Morgan fingerprint density at radius 1 is 1.12 bits per heavy atom. The van der Waals surface area contributed by atoms with Crippen molar-refractivity contribution in [2.24, 2.45) is 0 Å². The highest BCUT2D eigenvalue weighted by Gasteiger charge is 2.20. The van der Waals surface area contributed by atoms with Gasteiger partial charge in [0.15, 0.2) is 11.8 Å². The predicted molar refractivity (Wildman–Crippen MR) is 94.3 cm³/mol. The number of carbonyl (C=O) groups excluding carboxylic acids is 1. The molecular weight excluding hydrogens is 318 g/mol. The van der Waals surface area contributed by atoms with Crippen molar-refractivity contribution in [3.8, 4) is 17.0 Å². The topological polar surface area (TPSA) is 77.2 Å². The largest absolute Gasteiger partial charge is 0.481 e. The number of nitrogens with zero attached hydrogens (tertiary/aromatic N) is 2. The summed E-state index contributed by atoms with van der Waals surface area (Å²) < 4.78 is 10.4. The minimum absolute atomic E-state index is 0.271. The number of anilines is 1. The average molecular weight is 337 g/mol. The Labute approximate surface area is 145 Å². The van der Waals surface area contributed by atoms with Crippen molar-refractivity contribution in [1.82, 2.24) is 10.3 Å². The molecule has 0 fully saturated rings. The zero-order chi connectivity index (χ0) is 17.6. The number of carbonyl (C=O) groups is 1. The van der Waals surface area contributed by atoms with E-state index in [0.717, 1.165) is 12.0 Å². The molecule has 0 spiro atoms. The third-order valence-electron chi connectivity index (χ3n) is 3.79. The van der Waals surface area contributed by atoms with E-state index in [4.69, 9.17) is 9.37 Å². The maximum Gasteiger partial charge on any atom is 0.266 e. The second-order valence-corrected chi connectivity index (χ2v) is 5.57. The fraction of sp³-hybridized carbons (Fsp3) is 0.211. The van der Waals surface area contributed by atoms with Crippen molar-refractivity contribution < 1.29 is 14.2 Å². The van der Waals surface area contributed by atoms with Gasteiger partial charge in [-0.1, -0.05) is 49.4 Å². The van der Waals surface area contributed by atoms with E-state index in [1.807, 2.05) is 54.6 Å². The Morgan fingerprint density at radius 2 is 1.84 bits per heavy atom. The SMILES string of the molecule is CCc1ccc(O[C@@H](C)C(=O)Nc2nonc2-c2ccccc2)cc1. The van der Waals surface area contributed by atoms with Gasteiger partial charge in [-0.2, -0.15) is 0 Å². The first-order valence-corrected chi connectivity index (χ1v) is 8.12. The van der Waals surface area contributed by atoms with Crippen LogP contribution in [0.5, 0.6) is 5.75 Å². The summed E-state index contributed by atoms with van der Waals surface area (Å²) in [5, 5.41) is 10.3. The number of hydrogen-bond acceptors (Lipinski definition) is 5. The Balaban J connectivity index is 1.67. The molecule has 25 heavy (non-hydrogen) atoms. The molecule has 0 aliphatic heterocycles. The first-order chi connectivity index (χ1) is 12.2. The standard InChI is InChI=1S/C19H19N3O3/c1-3-14-9-11-16(12-10-14)24-13(2)19(23)20-18-17(21-25-22-18)15-7-5-4-6-8-15/h4-13H,3H2,1-2H3,(H,20,22,23)/t13-/m0/s1. The second-order valence-electron chi connectivity index (χ2n) is 5.57. The van der Waals surface area contributed by atoms with Crippen LogP contribution in [0.2, 0.25) is 0 Å². The zero-order valence-corrected chi connectivity index (χ0v) is 14.1. The fourth-order valence-corrected chi connectivity index (χ4v) is 2.34. The molecule has 1 heterocycles. The molecule has 0 unspecified atom stereocenters. The molecule has 6 heteroatoms. The van der Waals surface area contributed by atoms with Crippen molar-refractivity contribution in [2.75, 3.05) is 5.32 Å². The van der Waals surface area contributed by atoms with E-state index in [9.17, 15) is 4.79 Å². The van der Waals surface area contributed by atoms with Crippen LogP contribution in [0.4, 0.5) is 5.82 Å². The zero-order valence-electron chi connectivity index (χ0n) is 14.1. The summed E-state index contributed by atoms with van der Waals surface area (Å²) >= 11 is 0. The molecule has 0 aliphatic rings. The van der Waals surface area contributed by atoms with E-state index in [0.29, 0.717) is 11.4 Å². The lowest BCUT2D eigenvalue weighted by Crippen LogP contribution is -2.30. The van der Waals surface area contributed by atoms with Crippen LogP contribution < -0.4 is 10.1 Å². The van der Waals surface area contributed by atoms with Gasteiger partial charge in [0, 0.05) is 5.56 Å². The molecule has 3 rings (SSSR count). The Kier molecular flexibility index (Phi) is 5.09. The highest BCUT2D eigenvalue weighted by Crippen LogP contribution is 2.24. The van der Waals surface area contributed by atoms with Gasteiger partial charge in [0.2, 0.25) is 5.82 Å². The van der Waals surface area contributed by atoms with Gasteiger partial charge in [-0.3, -0.25) is 4.79 Å². The van der Waals surface area contributed by atoms with Gasteiger partial charge < -0.3 is 10.1 Å². The van der Waals surface area contributed by atoms with Gasteiger partial charge in [0.25, 0.3) is 5.91 Å². The lowest BCUT2D eigenvalue weighted by Gasteiger charge is -2.14. The number of benzene rings is 2. The Morgan fingerprint density at radius 3 is 2.52 bits per heavy atom. The normalized spacial score (nSPS) is 11.8. The quantitative estimate of drug-likeness (QED) is 0.742. The van der Waals surface area contributed by atoms with Crippen LogP contribution in [0.15, 0.2) is 59.2 Å². The van der Waals surface area contributed by atoms with Crippen molar-refractivity contribution in [2.45, 2.75) is 26.4 Å². The van der Waals surface area contributed by atoms with Gasteiger partial charge in [-0.25, -0.2) is 4.63 Å². The lowest BCUT2D eigenvalue weighted by atomic mass is 10.1. The smallest absolute Gasteiger partial charge is 0.266 e. The molecule has 1 amide bonds. The summed E-state index contributed by atoms with van der Waals surface area (Å²) in [6.07, 6.45) is 0.269. The first-order valence-electron chi connectivity index (χ1n) is 8.12. The minimum Gasteiger partial charge on any atom is -0.481 e. The van der Waals surface area contributed by atoms with Crippen molar-refractivity contribution in [3.05, 3.63) is 60.2 Å². The number of nitrogens with one attached hydrogen (secondary N) is 1. The summed E-state index contributed by atoms with van der Waals surface area (Å²) in [4.78, 5) is 12.4. The predicted octanol–water partition coefficient (Wildman–Crippen LogP) is 3.71.